The topological polar surface area (TPSA) is 78.6 Å². The summed E-state index contributed by atoms with van der Waals surface area (Å²) in [5.41, 5.74) is 3.72. The van der Waals surface area contributed by atoms with Crippen LogP contribution in [0.25, 0.3) is 22.4 Å². The molecule has 2 heterocycles. The van der Waals surface area contributed by atoms with E-state index in [0.717, 1.165) is 43.5 Å². The standard InChI is InChI=1S/C28H24N4O3S2/c1-19-3-8-22(9-4-19)26-29-30-27-32(26)31-28(37-27)36-18-17-35-24-14-10-21(11-15-24)25(33)16-7-20-5-12-23(34-2)13-6-20/h3-16H,17-18H2,1-2H3/b16-7+. The van der Waals surface area contributed by atoms with E-state index in [9.17, 15) is 4.79 Å². The van der Waals surface area contributed by atoms with Crippen molar-refractivity contribution >= 4 is 39.9 Å². The fraction of sp³-hybridized carbons (Fsp3) is 0.143. The normalized spacial score (nSPS) is 11.3. The van der Waals surface area contributed by atoms with Gasteiger partial charge in [0.1, 0.15) is 11.5 Å². The van der Waals surface area contributed by atoms with Crippen molar-refractivity contribution in [3.8, 4) is 22.9 Å². The Balaban J connectivity index is 1.11. The van der Waals surface area contributed by atoms with Gasteiger partial charge in [-0.1, -0.05) is 71.1 Å². The van der Waals surface area contributed by atoms with Crippen LogP contribution >= 0.6 is 23.1 Å². The molecule has 0 bridgehead atoms. The largest absolute Gasteiger partial charge is 0.497 e. The van der Waals surface area contributed by atoms with E-state index in [-0.39, 0.29) is 5.78 Å². The molecular formula is C28H24N4O3S2. The molecule has 0 N–H and O–H groups in total. The molecule has 186 valence electrons. The van der Waals surface area contributed by atoms with E-state index in [1.54, 1.807) is 47.7 Å². The van der Waals surface area contributed by atoms with Gasteiger partial charge >= 0.3 is 0 Å². The van der Waals surface area contributed by atoms with Crippen molar-refractivity contribution in [3.63, 3.8) is 0 Å². The number of hydrogen-bond acceptors (Lipinski definition) is 8. The number of ketones is 1. The highest BCUT2D eigenvalue weighted by Gasteiger charge is 2.13. The molecule has 3 aromatic carbocycles. The van der Waals surface area contributed by atoms with E-state index in [4.69, 9.17) is 9.47 Å². The summed E-state index contributed by atoms with van der Waals surface area (Å²) in [6, 6.07) is 22.9. The number of hydrogen-bond donors (Lipinski definition) is 0. The van der Waals surface area contributed by atoms with Crippen LogP contribution in [0.3, 0.4) is 0 Å². The Morgan fingerprint density at radius 3 is 2.43 bits per heavy atom. The predicted molar refractivity (Wildman–Crippen MR) is 148 cm³/mol. The van der Waals surface area contributed by atoms with Crippen molar-refractivity contribution in [2.45, 2.75) is 11.3 Å². The zero-order valence-electron chi connectivity index (χ0n) is 20.3. The number of fused-ring (bicyclic) bond motifs is 1. The zero-order valence-corrected chi connectivity index (χ0v) is 22.0. The van der Waals surface area contributed by atoms with Crippen molar-refractivity contribution in [2.75, 3.05) is 19.5 Å². The molecule has 0 atom stereocenters. The van der Waals surface area contributed by atoms with E-state index in [1.807, 2.05) is 48.5 Å². The second-order valence-corrected chi connectivity index (χ2v) is 10.4. The molecule has 5 aromatic rings. The van der Waals surface area contributed by atoms with E-state index in [0.29, 0.717) is 12.2 Å². The number of benzene rings is 3. The number of rotatable bonds is 10. The fourth-order valence-corrected chi connectivity index (χ4v) is 5.29. The minimum absolute atomic E-state index is 0.0637. The number of aryl methyl sites for hydroxylation is 1. The van der Waals surface area contributed by atoms with Crippen LogP contribution in [0.1, 0.15) is 21.5 Å². The van der Waals surface area contributed by atoms with Crippen LogP contribution in [0.4, 0.5) is 0 Å². The molecular weight excluding hydrogens is 504 g/mol. The van der Waals surface area contributed by atoms with Crippen LogP contribution in [0.2, 0.25) is 0 Å². The summed E-state index contributed by atoms with van der Waals surface area (Å²) in [5.74, 6) is 2.91. The number of methoxy groups -OCH3 is 1. The minimum Gasteiger partial charge on any atom is -0.497 e. The van der Waals surface area contributed by atoms with Crippen molar-refractivity contribution in [3.05, 3.63) is 95.6 Å². The quantitative estimate of drug-likeness (QED) is 0.0919. The molecule has 2 aromatic heterocycles. The lowest BCUT2D eigenvalue weighted by molar-refractivity contribution is 0.104. The number of allylic oxidation sites excluding steroid dienone is 1. The first-order chi connectivity index (χ1) is 18.1. The average Bonchev–Trinajstić information content (AvgIpc) is 3.51. The molecule has 0 amide bonds. The van der Waals surface area contributed by atoms with Gasteiger partial charge in [0.05, 0.1) is 13.7 Å². The van der Waals surface area contributed by atoms with Crippen molar-refractivity contribution in [1.29, 1.82) is 0 Å². The van der Waals surface area contributed by atoms with Gasteiger partial charge in [-0.15, -0.1) is 15.3 Å². The minimum atomic E-state index is -0.0637. The van der Waals surface area contributed by atoms with Crippen LogP contribution in [-0.4, -0.2) is 45.1 Å². The molecule has 0 aliphatic carbocycles. The first-order valence-corrected chi connectivity index (χ1v) is 13.4. The van der Waals surface area contributed by atoms with Crippen LogP contribution in [0.15, 0.2) is 83.2 Å². The summed E-state index contributed by atoms with van der Waals surface area (Å²) in [4.78, 5) is 13.2. The monoisotopic (exact) mass is 528 g/mol. The number of carbonyl (C=O) groups excluding carboxylic acids is 1. The molecule has 0 aliphatic heterocycles. The molecule has 7 nitrogen and oxygen atoms in total. The van der Waals surface area contributed by atoms with Crippen molar-refractivity contribution < 1.29 is 14.3 Å². The first kappa shape index (κ1) is 24.7. The third kappa shape index (κ3) is 6.07. The molecule has 0 saturated carbocycles. The predicted octanol–water partition coefficient (Wildman–Crippen LogP) is 6.24. The van der Waals surface area contributed by atoms with Gasteiger partial charge in [0, 0.05) is 16.9 Å². The Bertz CT molecular complexity index is 1520. The molecule has 5 rings (SSSR count). The van der Waals surface area contributed by atoms with Crippen molar-refractivity contribution in [1.82, 2.24) is 19.8 Å². The summed E-state index contributed by atoms with van der Waals surface area (Å²) in [5, 5.41) is 13.2. The molecule has 0 radical (unpaired) electrons. The molecule has 0 saturated heterocycles. The third-order valence-electron chi connectivity index (χ3n) is 5.54. The zero-order chi connectivity index (χ0) is 25.6. The van der Waals surface area contributed by atoms with Gasteiger partial charge in [-0.3, -0.25) is 4.79 Å². The highest BCUT2D eigenvalue weighted by Crippen LogP contribution is 2.27. The summed E-state index contributed by atoms with van der Waals surface area (Å²) >= 11 is 3.12. The smallest absolute Gasteiger partial charge is 0.235 e. The fourth-order valence-electron chi connectivity index (χ4n) is 3.53. The number of carbonyl (C=O) groups is 1. The lowest BCUT2D eigenvalue weighted by atomic mass is 10.1. The van der Waals surface area contributed by atoms with E-state index < -0.39 is 0 Å². The molecule has 37 heavy (non-hydrogen) atoms. The Morgan fingerprint density at radius 2 is 1.70 bits per heavy atom. The van der Waals surface area contributed by atoms with Gasteiger partial charge < -0.3 is 9.47 Å². The lowest BCUT2D eigenvalue weighted by Gasteiger charge is -2.05. The number of aromatic nitrogens is 4. The molecule has 9 heteroatoms. The Kier molecular flexibility index (Phi) is 7.62. The van der Waals surface area contributed by atoms with Gasteiger partial charge in [0.15, 0.2) is 15.9 Å². The van der Waals surface area contributed by atoms with Gasteiger partial charge in [0.2, 0.25) is 4.96 Å². The number of ether oxygens (including phenoxy) is 2. The summed E-state index contributed by atoms with van der Waals surface area (Å²) < 4.78 is 13.7. The van der Waals surface area contributed by atoms with Crippen LogP contribution in [0.5, 0.6) is 11.5 Å². The lowest BCUT2D eigenvalue weighted by Crippen LogP contribution is -2.01. The second-order valence-electron chi connectivity index (χ2n) is 8.14. The van der Waals surface area contributed by atoms with E-state index in [2.05, 4.69) is 34.4 Å². The van der Waals surface area contributed by atoms with E-state index in [1.165, 1.54) is 16.9 Å². The number of thioether (sulfide) groups is 1. The summed E-state index contributed by atoms with van der Waals surface area (Å²) in [6.07, 6.45) is 3.36. The highest BCUT2D eigenvalue weighted by atomic mass is 32.2. The van der Waals surface area contributed by atoms with Gasteiger partial charge in [-0.05, 0) is 55.0 Å². The molecule has 0 unspecified atom stereocenters. The Morgan fingerprint density at radius 1 is 0.973 bits per heavy atom. The maximum atomic E-state index is 12.5. The van der Waals surface area contributed by atoms with Gasteiger partial charge in [-0.25, -0.2) is 0 Å². The van der Waals surface area contributed by atoms with E-state index >= 15 is 0 Å². The number of nitrogens with zero attached hydrogens (tertiary/aromatic N) is 4. The van der Waals surface area contributed by atoms with Gasteiger partial charge in [0.25, 0.3) is 0 Å². The van der Waals surface area contributed by atoms with Crippen LogP contribution < -0.4 is 9.47 Å². The Labute approximate surface area is 222 Å². The SMILES string of the molecule is COc1ccc(/C=C/C(=O)c2ccc(OCCSc3nn4c(-c5ccc(C)cc5)nnc4s3)cc2)cc1. The van der Waals surface area contributed by atoms with Crippen LogP contribution in [0, 0.1) is 6.92 Å². The molecule has 0 fully saturated rings. The summed E-state index contributed by atoms with van der Waals surface area (Å²) in [7, 11) is 1.63. The molecule has 0 spiro atoms. The average molecular weight is 529 g/mol. The maximum absolute atomic E-state index is 12.5. The van der Waals surface area contributed by atoms with Crippen molar-refractivity contribution in [2.24, 2.45) is 0 Å². The van der Waals surface area contributed by atoms with Crippen LogP contribution in [-0.2, 0) is 0 Å². The third-order valence-corrected chi connectivity index (χ3v) is 7.54. The summed E-state index contributed by atoms with van der Waals surface area (Å²) in [6.45, 7) is 2.57. The highest BCUT2D eigenvalue weighted by molar-refractivity contribution is 8.01. The Hall–Kier alpha value is -3.95. The first-order valence-electron chi connectivity index (χ1n) is 11.6. The maximum Gasteiger partial charge on any atom is 0.235 e. The molecule has 0 aliphatic rings. The second kappa shape index (κ2) is 11.4. The van der Waals surface area contributed by atoms with Gasteiger partial charge in [-0.2, -0.15) is 4.52 Å².